The van der Waals surface area contributed by atoms with Crippen LogP contribution in [0.2, 0.25) is 0 Å². The van der Waals surface area contributed by atoms with Crippen LogP contribution in [-0.4, -0.2) is 31.2 Å². The topological polar surface area (TPSA) is 50.4 Å². The Kier molecular flexibility index (Phi) is 6.08. The van der Waals surface area contributed by atoms with E-state index >= 15 is 0 Å². The third-order valence-corrected chi connectivity index (χ3v) is 4.01. The highest BCUT2D eigenvalue weighted by Gasteiger charge is 2.27. The first-order valence-electron chi connectivity index (χ1n) is 5.84. The van der Waals surface area contributed by atoms with Crippen LogP contribution in [0.1, 0.15) is 17.4 Å². The van der Waals surface area contributed by atoms with Gasteiger partial charge in [0.05, 0.1) is 19.3 Å². The molecule has 4 nitrogen and oxygen atoms in total. The molecule has 0 spiro atoms. The Morgan fingerprint density at radius 1 is 1.67 bits per heavy atom. The molecule has 2 rings (SSSR count). The van der Waals surface area contributed by atoms with Gasteiger partial charge in [0, 0.05) is 11.4 Å². The van der Waals surface area contributed by atoms with Crippen molar-refractivity contribution in [3.8, 4) is 0 Å². The van der Waals surface area contributed by atoms with E-state index in [2.05, 4.69) is 23.6 Å². The highest BCUT2D eigenvalue weighted by molar-refractivity contribution is 7.10. The van der Waals surface area contributed by atoms with Crippen molar-refractivity contribution in [2.45, 2.75) is 32.5 Å². The predicted molar refractivity (Wildman–Crippen MR) is 75.4 cm³/mol. The Hall–Kier alpha value is -0.620. The van der Waals surface area contributed by atoms with Gasteiger partial charge in [0.1, 0.15) is 6.04 Å². The van der Waals surface area contributed by atoms with Gasteiger partial charge in [-0.1, -0.05) is 0 Å². The van der Waals surface area contributed by atoms with Crippen LogP contribution in [0.15, 0.2) is 11.4 Å². The molecule has 0 radical (unpaired) electrons. The minimum absolute atomic E-state index is 0. The van der Waals surface area contributed by atoms with Gasteiger partial charge < -0.3 is 15.4 Å². The molecule has 1 aromatic rings. The third kappa shape index (κ3) is 3.68. The van der Waals surface area contributed by atoms with E-state index in [4.69, 9.17) is 4.74 Å². The molecule has 6 heteroatoms. The maximum Gasteiger partial charge on any atom is 0.240 e. The molecule has 1 fully saturated rings. The van der Waals surface area contributed by atoms with Crippen LogP contribution in [0.25, 0.3) is 0 Å². The lowest BCUT2D eigenvalue weighted by Gasteiger charge is -2.29. The van der Waals surface area contributed by atoms with Crippen LogP contribution in [0.4, 0.5) is 0 Å². The molecule has 0 aromatic carbocycles. The van der Waals surface area contributed by atoms with Gasteiger partial charge >= 0.3 is 0 Å². The van der Waals surface area contributed by atoms with Crippen LogP contribution in [0.3, 0.4) is 0 Å². The number of ether oxygens (including phenoxy) is 1. The first-order valence-corrected chi connectivity index (χ1v) is 6.72. The summed E-state index contributed by atoms with van der Waals surface area (Å²) < 4.78 is 5.45. The molecule has 0 aliphatic carbocycles. The molecular formula is C12H19ClN2O2S. The Morgan fingerprint density at radius 3 is 3.06 bits per heavy atom. The smallest absolute Gasteiger partial charge is 0.240 e. The molecule has 1 saturated heterocycles. The van der Waals surface area contributed by atoms with Gasteiger partial charge in [0.15, 0.2) is 0 Å². The SMILES string of the molecule is Cc1ccsc1CNC(=O)[C@H]1NCCO[C@@H]1C.Cl. The van der Waals surface area contributed by atoms with Gasteiger partial charge in [0.25, 0.3) is 0 Å². The lowest BCUT2D eigenvalue weighted by atomic mass is 10.1. The number of hydrogen-bond acceptors (Lipinski definition) is 4. The van der Waals surface area contributed by atoms with Gasteiger partial charge in [-0.05, 0) is 30.9 Å². The summed E-state index contributed by atoms with van der Waals surface area (Å²) in [6.45, 7) is 6.00. The summed E-state index contributed by atoms with van der Waals surface area (Å²) in [5, 5.41) is 8.18. The minimum Gasteiger partial charge on any atom is -0.375 e. The van der Waals surface area contributed by atoms with Crippen molar-refractivity contribution >= 4 is 29.7 Å². The van der Waals surface area contributed by atoms with Gasteiger partial charge in [-0.15, -0.1) is 23.7 Å². The number of aryl methyl sites for hydroxylation is 1. The van der Waals surface area contributed by atoms with Crippen LogP contribution in [-0.2, 0) is 16.1 Å². The summed E-state index contributed by atoms with van der Waals surface area (Å²) in [7, 11) is 0. The van der Waals surface area contributed by atoms with Crippen LogP contribution < -0.4 is 10.6 Å². The maximum absolute atomic E-state index is 12.0. The molecule has 102 valence electrons. The second-order valence-electron chi connectivity index (χ2n) is 4.25. The first-order chi connectivity index (χ1) is 8.18. The fraction of sp³-hybridized carbons (Fsp3) is 0.583. The van der Waals surface area contributed by atoms with E-state index in [9.17, 15) is 4.79 Å². The summed E-state index contributed by atoms with van der Waals surface area (Å²) in [6, 6.07) is 1.83. The number of carbonyl (C=O) groups is 1. The largest absolute Gasteiger partial charge is 0.375 e. The fourth-order valence-electron chi connectivity index (χ4n) is 1.89. The molecule has 18 heavy (non-hydrogen) atoms. The third-order valence-electron chi connectivity index (χ3n) is 2.99. The van der Waals surface area contributed by atoms with Crippen molar-refractivity contribution in [1.82, 2.24) is 10.6 Å². The van der Waals surface area contributed by atoms with Crippen molar-refractivity contribution in [2.24, 2.45) is 0 Å². The van der Waals surface area contributed by atoms with Crippen molar-refractivity contribution in [3.05, 3.63) is 21.9 Å². The zero-order chi connectivity index (χ0) is 12.3. The van der Waals surface area contributed by atoms with Crippen LogP contribution in [0, 0.1) is 6.92 Å². The molecule has 1 amide bonds. The number of thiophene rings is 1. The molecule has 1 aromatic heterocycles. The number of morpholine rings is 1. The maximum atomic E-state index is 12.0. The van der Waals surface area contributed by atoms with Gasteiger partial charge in [0.2, 0.25) is 5.91 Å². The average Bonchev–Trinajstić information content (AvgIpc) is 2.72. The second-order valence-corrected chi connectivity index (χ2v) is 5.25. The highest BCUT2D eigenvalue weighted by Crippen LogP contribution is 2.15. The van der Waals surface area contributed by atoms with Crippen molar-refractivity contribution in [1.29, 1.82) is 0 Å². The van der Waals surface area contributed by atoms with Crippen molar-refractivity contribution in [3.63, 3.8) is 0 Å². The lowest BCUT2D eigenvalue weighted by Crippen LogP contribution is -2.55. The lowest BCUT2D eigenvalue weighted by molar-refractivity contribution is -0.129. The number of nitrogens with one attached hydrogen (secondary N) is 2. The van der Waals surface area contributed by atoms with Crippen LogP contribution in [0.5, 0.6) is 0 Å². The molecule has 1 aliphatic rings. The molecule has 2 N–H and O–H groups in total. The Bertz CT molecular complexity index is 397. The molecule has 2 heterocycles. The normalized spacial score (nSPS) is 23.2. The number of carbonyl (C=O) groups excluding carboxylic acids is 1. The van der Waals surface area contributed by atoms with Gasteiger partial charge in [-0.25, -0.2) is 0 Å². The zero-order valence-corrected chi connectivity index (χ0v) is 12.2. The summed E-state index contributed by atoms with van der Waals surface area (Å²) >= 11 is 1.67. The zero-order valence-electron chi connectivity index (χ0n) is 10.6. The fourth-order valence-corrected chi connectivity index (χ4v) is 2.74. The van der Waals surface area contributed by atoms with E-state index < -0.39 is 0 Å². The summed E-state index contributed by atoms with van der Waals surface area (Å²) in [4.78, 5) is 13.2. The molecule has 0 unspecified atom stereocenters. The molecule has 0 bridgehead atoms. The quantitative estimate of drug-likeness (QED) is 0.886. The van der Waals surface area contributed by atoms with E-state index in [1.807, 2.05) is 12.3 Å². The van der Waals surface area contributed by atoms with Crippen LogP contribution >= 0.6 is 23.7 Å². The van der Waals surface area contributed by atoms with E-state index in [-0.39, 0.29) is 30.5 Å². The summed E-state index contributed by atoms with van der Waals surface area (Å²) in [5.74, 6) is 0.0185. The number of rotatable bonds is 3. The Balaban J connectivity index is 0.00000162. The summed E-state index contributed by atoms with van der Waals surface area (Å²) in [6.07, 6.45) is -0.0619. The van der Waals surface area contributed by atoms with E-state index in [0.717, 1.165) is 6.54 Å². The molecule has 1 aliphatic heterocycles. The van der Waals surface area contributed by atoms with Gasteiger partial charge in [-0.2, -0.15) is 0 Å². The average molecular weight is 291 g/mol. The van der Waals surface area contributed by atoms with E-state index in [1.54, 1.807) is 11.3 Å². The van der Waals surface area contributed by atoms with E-state index in [0.29, 0.717) is 13.2 Å². The number of hydrogen-bond donors (Lipinski definition) is 2. The highest BCUT2D eigenvalue weighted by atomic mass is 35.5. The molecule has 2 atom stereocenters. The molecule has 0 saturated carbocycles. The van der Waals surface area contributed by atoms with E-state index in [1.165, 1.54) is 10.4 Å². The number of halogens is 1. The Labute approximate surface area is 118 Å². The Morgan fingerprint density at radius 2 is 2.44 bits per heavy atom. The van der Waals surface area contributed by atoms with Gasteiger partial charge in [-0.3, -0.25) is 4.79 Å². The molecular weight excluding hydrogens is 272 g/mol. The minimum atomic E-state index is -0.232. The second kappa shape index (κ2) is 7.09. The standard InChI is InChI=1S/C12H18N2O2S.ClH/c1-8-3-6-17-10(8)7-14-12(15)11-9(2)16-5-4-13-11;/h3,6,9,11,13H,4-5,7H2,1-2H3,(H,14,15);1H/t9-,11+;/m1./s1. The monoisotopic (exact) mass is 290 g/mol. The number of amides is 1. The first kappa shape index (κ1) is 15.4. The van der Waals surface area contributed by atoms with Crippen molar-refractivity contribution in [2.75, 3.05) is 13.2 Å². The summed E-state index contributed by atoms with van der Waals surface area (Å²) in [5.41, 5.74) is 1.23. The van der Waals surface area contributed by atoms with Crippen molar-refractivity contribution < 1.29 is 9.53 Å². The predicted octanol–water partition coefficient (Wildman–Crippen LogP) is 1.47.